The summed E-state index contributed by atoms with van der Waals surface area (Å²) in [6.07, 6.45) is 0.753. The summed E-state index contributed by atoms with van der Waals surface area (Å²) in [5, 5.41) is 15.4. The molecule has 180 valence electrons. The van der Waals surface area contributed by atoms with Crippen LogP contribution in [0.3, 0.4) is 0 Å². The maximum Gasteiger partial charge on any atom is 0.416 e. The highest BCUT2D eigenvalue weighted by molar-refractivity contribution is 5.92. The first-order chi connectivity index (χ1) is 16.2. The van der Waals surface area contributed by atoms with E-state index in [4.69, 9.17) is 4.52 Å². The summed E-state index contributed by atoms with van der Waals surface area (Å²) in [5.41, 5.74) is 0.0455. The quantitative estimate of drug-likeness (QED) is 0.504. The summed E-state index contributed by atoms with van der Waals surface area (Å²) in [4.78, 5) is 19.9. The van der Waals surface area contributed by atoms with E-state index in [1.165, 1.54) is 23.0 Å². The number of hydrogen-bond donors (Lipinski definition) is 0. The maximum absolute atomic E-state index is 13.2. The molecule has 0 aliphatic carbocycles. The van der Waals surface area contributed by atoms with Gasteiger partial charge in [-0.1, -0.05) is 11.2 Å². The zero-order valence-electron chi connectivity index (χ0n) is 18.8. The van der Waals surface area contributed by atoms with Gasteiger partial charge in [0.1, 0.15) is 0 Å². The number of amides is 1. The molecule has 9 nitrogen and oxygen atoms in total. The van der Waals surface area contributed by atoms with Gasteiger partial charge in [0.2, 0.25) is 11.8 Å². The van der Waals surface area contributed by atoms with Crippen molar-refractivity contribution in [2.24, 2.45) is 5.92 Å². The first-order valence-electron chi connectivity index (χ1n) is 10.9. The van der Waals surface area contributed by atoms with Gasteiger partial charge in [-0.2, -0.15) is 23.0 Å². The number of carbonyl (C=O) groups excluding carboxylic acids is 1. The second-order valence-electron chi connectivity index (χ2n) is 8.32. The van der Waals surface area contributed by atoms with Crippen LogP contribution in [-0.4, -0.2) is 54.2 Å². The molecule has 12 heteroatoms. The van der Waals surface area contributed by atoms with Crippen LogP contribution in [-0.2, 0) is 23.9 Å². The number of aryl methyl sites for hydroxylation is 2. The average Bonchev–Trinajstić information content (AvgIpc) is 3.39. The number of halogens is 3. The van der Waals surface area contributed by atoms with Gasteiger partial charge in [-0.3, -0.25) is 4.79 Å². The average molecular weight is 475 g/mol. The van der Waals surface area contributed by atoms with Crippen molar-refractivity contribution in [2.75, 3.05) is 13.1 Å². The number of benzene rings is 1. The summed E-state index contributed by atoms with van der Waals surface area (Å²) < 4.78 is 44.9. The Morgan fingerprint density at radius 1 is 1.21 bits per heavy atom. The molecule has 1 aliphatic heterocycles. The third kappa shape index (κ3) is 5.86. The van der Waals surface area contributed by atoms with Gasteiger partial charge in [-0.15, -0.1) is 10.2 Å². The van der Waals surface area contributed by atoms with Crippen molar-refractivity contribution in [2.45, 2.75) is 45.8 Å². The lowest BCUT2D eigenvalue weighted by Crippen LogP contribution is -2.38. The summed E-state index contributed by atoms with van der Waals surface area (Å²) in [6, 6.07) is 3.40. The van der Waals surface area contributed by atoms with Gasteiger partial charge in [0.05, 0.1) is 12.1 Å². The minimum Gasteiger partial charge on any atom is -0.339 e. The van der Waals surface area contributed by atoms with E-state index in [1.54, 1.807) is 18.7 Å². The van der Waals surface area contributed by atoms with E-state index in [-0.39, 0.29) is 12.5 Å². The van der Waals surface area contributed by atoms with E-state index in [1.807, 2.05) is 0 Å². The normalized spacial score (nSPS) is 15.4. The smallest absolute Gasteiger partial charge is 0.339 e. The number of alkyl halides is 3. The van der Waals surface area contributed by atoms with Crippen molar-refractivity contribution in [3.05, 3.63) is 58.5 Å². The maximum atomic E-state index is 13.2. The molecule has 1 fully saturated rings. The zero-order chi connectivity index (χ0) is 24.3. The Bertz CT molecular complexity index is 1180. The minimum atomic E-state index is -4.48. The molecule has 0 atom stereocenters. The van der Waals surface area contributed by atoms with Gasteiger partial charge >= 0.3 is 6.18 Å². The van der Waals surface area contributed by atoms with Crippen LogP contribution in [0.2, 0.25) is 0 Å². The largest absolute Gasteiger partial charge is 0.416 e. The Labute approximate surface area is 193 Å². The summed E-state index contributed by atoms with van der Waals surface area (Å²) in [6.45, 7) is 4.58. The van der Waals surface area contributed by atoms with Crippen LogP contribution in [0.4, 0.5) is 13.2 Å². The molecular weight excluding hydrogens is 451 g/mol. The topological polar surface area (TPSA) is 103 Å². The van der Waals surface area contributed by atoms with Gasteiger partial charge < -0.3 is 9.42 Å². The number of tetrazole rings is 1. The lowest BCUT2D eigenvalue weighted by atomic mass is 9.93. The van der Waals surface area contributed by atoms with E-state index in [0.29, 0.717) is 54.1 Å². The summed E-state index contributed by atoms with van der Waals surface area (Å²) >= 11 is 0. The molecule has 1 aromatic carbocycles. The lowest BCUT2D eigenvalue weighted by Gasteiger charge is -2.30. The predicted molar refractivity (Wildman–Crippen MR) is 114 cm³/mol. The van der Waals surface area contributed by atoms with Crippen molar-refractivity contribution in [3.8, 4) is 0 Å². The number of hydrogen-bond acceptors (Lipinski definition) is 7. The van der Waals surface area contributed by atoms with Crippen molar-refractivity contribution in [1.29, 1.82) is 0 Å². The molecule has 0 bridgehead atoms. The first-order valence-corrected chi connectivity index (χ1v) is 10.9. The van der Waals surface area contributed by atoms with E-state index in [2.05, 4.69) is 25.6 Å². The van der Waals surface area contributed by atoms with Gasteiger partial charge in [0.25, 0.3) is 0 Å². The molecule has 0 unspecified atom stereocenters. The Balaban J connectivity index is 1.42. The van der Waals surface area contributed by atoms with Crippen LogP contribution in [0.15, 0.2) is 28.8 Å². The highest BCUT2D eigenvalue weighted by Crippen LogP contribution is 2.31. The Morgan fingerprint density at radius 2 is 1.97 bits per heavy atom. The van der Waals surface area contributed by atoms with Crippen LogP contribution in [0.5, 0.6) is 0 Å². The molecule has 0 saturated carbocycles. The monoisotopic (exact) mass is 475 g/mol. The van der Waals surface area contributed by atoms with Crippen molar-refractivity contribution in [3.63, 3.8) is 0 Å². The second kappa shape index (κ2) is 9.74. The van der Waals surface area contributed by atoms with Crippen LogP contribution in [0.1, 0.15) is 47.1 Å². The molecule has 3 heterocycles. The first kappa shape index (κ1) is 23.6. The third-order valence-corrected chi connectivity index (χ3v) is 5.70. The Kier molecular flexibility index (Phi) is 6.75. The number of rotatable bonds is 6. The van der Waals surface area contributed by atoms with Crippen LogP contribution >= 0.6 is 0 Å². The number of aromatic nitrogens is 6. The molecule has 0 radical (unpaired) electrons. The molecule has 4 rings (SSSR count). The highest BCUT2D eigenvalue weighted by Gasteiger charge is 2.31. The van der Waals surface area contributed by atoms with Crippen LogP contribution in [0, 0.1) is 19.8 Å². The second-order valence-corrected chi connectivity index (χ2v) is 8.32. The fraction of sp³-hybridized carbons (Fsp3) is 0.455. The third-order valence-electron chi connectivity index (χ3n) is 5.70. The minimum absolute atomic E-state index is 0.000829. The molecule has 1 saturated heterocycles. The summed E-state index contributed by atoms with van der Waals surface area (Å²) in [7, 11) is 0. The predicted octanol–water partition coefficient (Wildman–Crippen LogP) is 3.23. The van der Waals surface area contributed by atoms with Crippen molar-refractivity contribution in [1.82, 2.24) is 35.2 Å². The molecule has 1 amide bonds. The van der Waals surface area contributed by atoms with Crippen LogP contribution in [0.25, 0.3) is 6.08 Å². The molecule has 2 aromatic heterocycles. The molecule has 0 N–H and O–H groups in total. The van der Waals surface area contributed by atoms with Crippen molar-refractivity contribution < 1.29 is 22.5 Å². The molecule has 1 aliphatic rings. The lowest BCUT2D eigenvalue weighted by molar-refractivity contribution is -0.137. The molecule has 34 heavy (non-hydrogen) atoms. The molecule has 3 aromatic rings. The van der Waals surface area contributed by atoms with Gasteiger partial charge in [-0.25, -0.2) is 0 Å². The number of carbonyl (C=O) groups is 1. The number of nitrogens with zero attached hydrogens (tertiary/aromatic N) is 7. The SMILES string of the molecule is Cc1noc(CC2CCN(C(=O)C=Cc3ccc(C(F)(F)F)cc3Cn3nnc(C)n3)CC2)n1. The van der Waals surface area contributed by atoms with Gasteiger partial charge in [0, 0.05) is 25.6 Å². The van der Waals surface area contributed by atoms with E-state index in [0.717, 1.165) is 25.0 Å². The Hall–Kier alpha value is -3.57. The van der Waals surface area contributed by atoms with Crippen molar-refractivity contribution >= 4 is 12.0 Å². The van der Waals surface area contributed by atoms with E-state index in [9.17, 15) is 18.0 Å². The zero-order valence-corrected chi connectivity index (χ0v) is 18.8. The summed E-state index contributed by atoms with van der Waals surface area (Å²) in [5.74, 6) is 1.79. The highest BCUT2D eigenvalue weighted by atomic mass is 19.4. The standard InChI is InChI=1S/C22H24F3N7O2/c1-14-26-20(34-29-14)11-16-7-9-31(10-8-16)21(33)6-4-17-3-5-19(22(23,24)25)12-18(17)13-32-28-15(2)27-30-32/h3-6,12,16H,7-11,13H2,1-2H3. The molecular formula is C22H24F3N7O2. The van der Waals surface area contributed by atoms with Gasteiger partial charge in [0.15, 0.2) is 11.6 Å². The Morgan fingerprint density at radius 3 is 2.59 bits per heavy atom. The van der Waals surface area contributed by atoms with Gasteiger partial charge in [-0.05, 0) is 67.2 Å². The fourth-order valence-corrected chi connectivity index (χ4v) is 3.92. The molecule has 0 spiro atoms. The van der Waals surface area contributed by atoms with E-state index >= 15 is 0 Å². The fourth-order valence-electron chi connectivity index (χ4n) is 3.92. The number of piperidine rings is 1. The number of likely N-dealkylation sites (tertiary alicyclic amines) is 1. The van der Waals surface area contributed by atoms with E-state index < -0.39 is 11.7 Å². The van der Waals surface area contributed by atoms with Crippen LogP contribution < -0.4 is 0 Å².